The molecule has 1 saturated carbocycles. The maximum atomic E-state index is 12.6. The van der Waals surface area contributed by atoms with Gasteiger partial charge in [-0.15, -0.1) is 11.3 Å². The number of nitrogens with one attached hydrogen (secondary N) is 2. The molecular weight excluding hydrogens is 386 g/mol. The Hall–Kier alpha value is -2.38. The van der Waals surface area contributed by atoms with E-state index >= 15 is 0 Å². The van der Waals surface area contributed by atoms with Gasteiger partial charge in [0.1, 0.15) is 17.0 Å². The van der Waals surface area contributed by atoms with Crippen LogP contribution >= 0.6 is 11.3 Å². The first-order chi connectivity index (χ1) is 13.9. The van der Waals surface area contributed by atoms with Crippen molar-refractivity contribution >= 4 is 34.5 Å². The highest BCUT2D eigenvalue weighted by Gasteiger charge is 2.36. The lowest BCUT2D eigenvalue weighted by atomic mass is 10.00. The lowest BCUT2D eigenvalue weighted by Gasteiger charge is -2.31. The van der Waals surface area contributed by atoms with Crippen molar-refractivity contribution in [3.8, 4) is 5.75 Å². The van der Waals surface area contributed by atoms with E-state index in [0.717, 1.165) is 36.0 Å². The van der Waals surface area contributed by atoms with Crippen molar-refractivity contribution in [2.75, 3.05) is 31.1 Å². The molecule has 0 bridgehead atoms. The summed E-state index contributed by atoms with van der Waals surface area (Å²) in [6, 6.07) is 6.08. The van der Waals surface area contributed by atoms with Crippen LogP contribution in [0, 0.1) is 5.92 Å². The predicted molar refractivity (Wildman–Crippen MR) is 115 cm³/mol. The Kier molecular flexibility index (Phi) is 4.40. The van der Waals surface area contributed by atoms with E-state index in [1.54, 1.807) is 0 Å². The minimum absolute atomic E-state index is 0.0446. The topological polar surface area (TPSA) is 74.4 Å². The van der Waals surface area contributed by atoms with Gasteiger partial charge in [-0.3, -0.25) is 9.59 Å². The highest BCUT2D eigenvalue weighted by molar-refractivity contribution is 7.07. The van der Waals surface area contributed by atoms with Crippen LogP contribution in [0.15, 0.2) is 23.0 Å². The number of aromatic amines is 1. The van der Waals surface area contributed by atoms with Gasteiger partial charge in [-0.1, -0.05) is 6.07 Å². The lowest BCUT2D eigenvalue weighted by Crippen LogP contribution is -2.38. The Balaban J connectivity index is 1.53. The molecule has 2 aliphatic heterocycles. The number of carbonyl (C=O) groups is 1. The number of benzene rings is 1. The number of ether oxygens (including phenoxy) is 1. The van der Waals surface area contributed by atoms with Crippen LogP contribution in [-0.4, -0.2) is 42.5 Å². The largest absolute Gasteiger partial charge is 0.490 e. The van der Waals surface area contributed by atoms with Gasteiger partial charge in [0.15, 0.2) is 5.78 Å². The first-order valence-electron chi connectivity index (χ1n) is 10.2. The first-order valence-corrected chi connectivity index (χ1v) is 11.0. The number of anilines is 1. The Morgan fingerprint density at radius 3 is 2.86 bits per heavy atom. The predicted octanol–water partition coefficient (Wildman–Crippen LogP) is 0.976. The molecule has 0 amide bonds. The second kappa shape index (κ2) is 6.85. The van der Waals surface area contributed by atoms with Crippen molar-refractivity contribution in [3.63, 3.8) is 0 Å². The monoisotopic (exact) mass is 411 g/mol. The Labute approximate surface area is 172 Å². The summed E-state index contributed by atoms with van der Waals surface area (Å²) in [4.78, 5) is 30.4. The fraction of sp³-hybridized carbons (Fsp3) is 0.455. The van der Waals surface area contributed by atoms with Crippen LogP contribution in [0.25, 0.3) is 11.6 Å². The van der Waals surface area contributed by atoms with Gasteiger partial charge in [0.2, 0.25) is 0 Å². The van der Waals surface area contributed by atoms with Crippen molar-refractivity contribution < 1.29 is 9.53 Å². The zero-order valence-electron chi connectivity index (χ0n) is 16.7. The van der Waals surface area contributed by atoms with Crippen LogP contribution < -0.4 is 29.7 Å². The molecule has 152 valence electrons. The van der Waals surface area contributed by atoms with Crippen molar-refractivity contribution in [3.05, 3.63) is 43.3 Å². The maximum absolute atomic E-state index is 12.6. The van der Waals surface area contributed by atoms with Gasteiger partial charge < -0.3 is 19.9 Å². The van der Waals surface area contributed by atoms with Gasteiger partial charge in [-0.2, -0.15) is 0 Å². The van der Waals surface area contributed by atoms with Gasteiger partial charge in [-0.05, 0) is 56.4 Å². The summed E-state index contributed by atoms with van der Waals surface area (Å²) in [5.41, 5.74) is 2.00. The molecule has 0 radical (unpaired) electrons. The molecular formula is C22H25N3O3S. The third-order valence-corrected chi connectivity index (χ3v) is 6.98. The SMILES string of the molecule is CC1(C)NC/C(=c2/[nH]c(=O)/c(=C/c3ccc4c(c3)N(CC3CC3)CCO4)s2)C1=O. The Morgan fingerprint density at radius 1 is 1.31 bits per heavy atom. The molecule has 3 aliphatic rings. The third-order valence-electron chi connectivity index (χ3n) is 5.90. The number of hydrogen-bond donors (Lipinski definition) is 2. The zero-order chi connectivity index (χ0) is 20.2. The van der Waals surface area contributed by atoms with Crippen LogP contribution in [0.5, 0.6) is 5.75 Å². The molecule has 29 heavy (non-hydrogen) atoms. The van der Waals surface area contributed by atoms with Gasteiger partial charge >= 0.3 is 0 Å². The van der Waals surface area contributed by atoms with E-state index in [0.29, 0.717) is 27.9 Å². The number of thiazole rings is 1. The second-order valence-corrected chi connectivity index (χ2v) is 9.70. The number of nitrogens with zero attached hydrogens (tertiary/aromatic N) is 1. The summed E-state index contributed by atoms with van der Waals surface area (Å²) >= 11 is 1.35. The van der Waals surface area contributed by atoms with E-state index in [4.69, 9.17) is 4.74 Å². The number of fused-ring (bicyclic) bond motifs is 1. The summed E-state index contributed by atoms with van der Waals surface area (Å²) in [5.74, 6) is 1.76. The van der Waals surface area contributed by atoms with Crippen LogP contribution in [0.4, 0.5) is 5.69 Å². The highest BCUT2D eigenvalue weighted by Crippen LogP contribution is 2.37. The quantitative estimate of drug-likeness (QED) is 0.788. The highest BCUT2D eigenvalue weighted by atomic mass is 32.1. The minimum Gasteiger partial charge on any atom is -0.490 e. The van der Waals surface area contributed by atoms with Gasteiger partial charge in [0.25, 0.3) is 5.56 Å². The van der Waals surface area contributed by atoms with E-state index in [9.17, 15) is 9.59 Å². The standard InChI is InChI=1S/C22H25N3O3S/c1-22(2)19(26)15(11-23-22)21-24-20(27)18(29-21)10-14-5-6-17-16(9-14)25(7-8-28-17)12-13-3-4-13/h5-6,9-10,13,23H,3-4,7-8,11-12H2,1-2H3,(H,24,27)/b18-10-,21-15+. The van der Waals surface area contributed by atoms with Crippen LogP contribution in [0.1, 0.15) is 32.3 Å². The van der Waals surface area contributed by atoms with Crippen LogP contribution in [0.3, 0.4) is 0 Å². The summed E-state index contributed by atoms with van der Waals surface area (Å²) < 4.78 is 7.08. The Bertz CT molecular complexity index is 1160. The fourth-order valence-electron chi connectivity index (χ4n) is 3.94. The van der Waals surface area contributed by atoms with Crippen molar-refractivity contribution in [1.29, 1.82) is 0 Å². The summed E-state index contributed by atoms with van der Waals surface area (Å²) in [5, 5.41) is 3.20. The number of carbonyl (C=O) groups excluding carboxylic acids is 1. The first kappa shape index (κ1) is 18.6. The minimum atomic E-state index is -0.580. The average molecular weight is 412 g/mol. The maximum Gasteiger partial charge on any atom is 0.266 e. The van der Waals surface area contributed by atoms with Crippen LogP contribution in [-0.2, 0) is 4.79 Å². The third kappa shape index (κ3) is 3.53. The van der Waals surface area contributed by atoms with E-state index in [-0.39, 0.29) is 11.3 Å². The normalized spacial score (nSPS) is 23.3. The summed E-state index contributed by atoms with van der Waals surface area (Å²) in [6.45, 7) is 6.90. The molecule has 2 N–H and O–H groups in total. The summed E-state index contributed by atoms with van der Waals surface area (Å²) in [7, 11) is 0. The number of hydrogen-bond acceptors (Lipinski definition) is 6. The molecule has 2 fully saturated rings. The molecule has 0 atom stereocenters. The van der Waals surface area contributed by atoms with Gasteiger partial charge in [0.05, 0.1) is 22.3 Å². The molecule has 2 aromatic rings. The van der Waals surface area contributed by atoms with Gasteiger partial charge in [0, 0.05) is 18.7 Å². The fourth-order valence-corrected chi connectivity index (χ4v) is 4.93. The summed E-state index contributed by atoms with van der Waals surface area (Å²) in [6.07, 6.45) is 4.53. The van der Waals surface area contributed by atoms with Crippen molar-refractivity contribution in [2.45, 2.75) is 32.2 Å². The zero-order valence-corrected chi connectivity index (χ0v) is 17.5. The van der Waals surface area contributed by atoms with Crippen molar-refractivity contribution in [1.82, 2.24) is 10.3 Å². The van der Waals surface area contributed by atoms with Crippen LogP contribution in [0.2, 0.25) is 0 Å². The van der Waals surface area contributed by atoms with Gasteiger partial charge in [-0.25, -0.2) is 0 Å². The molecule has 1 saturated heterocycles. The number of Topliss-reactive ketones (excluding diaryl/α,β-unsaturated/α-hetero) is 1. The Morgan fingerprint density at radius 2 is 2.14 bits per heavy atom. The lowest BCUT2D eigenvalue weighted by molar-refractivity contribution is -0.117. The molecule has 1 aromatic heterocycles. The molecule has 5 rings (SSSR count). The van der Waals surface area contributed by atoms with E-state index in [2.05, 4.69) is 21.3 Å². The molecule has 0 spiro atoms. The second-order valence-electron chi connectivity index (χ2n) is 8.65. The number of rotatable bonds is 3. The van der Waals surface area contributed by atoms with E-state index in [1.165, 1.54) is 24.2 Å². The number of H-pyrrole nitrogens is 1. The molecule has 0 unspecified atom stereocenters. The molecule has 1 aliphatic carbocycles. The molecule has 3 heterocycles. The number of ketones is 1. The number of aromatic nitrogens is 1. The molecule has 1 aromatic carbocycles. The molecule has 7 heteroatoms. The average Bonchev–Trinajstić information content (AvgIpc) is 3.38. The molecule has 6 nitrogen and oxygen atoms in total. The van der Waals surface area contributed by atoms with Crippen molar-refractivity contribution in [2.24, 2.45) is 5.92 Å². The smallest absolute Gasteiger partial charge is 0.266 e. The van der Waals surface area contributed by atoms with E-state index < -0.39 is 5.54 Å². The van der Waals surface area contributed by atoms with E-state index in [1.807, 2.05) is 32.1 Å².